The molecule has 1 aromatic heterocycles. The Hall–Kier alpha value is -3.28. The second-order valence-electron chi connectivity index (χ2n) is 6.24. The molecule has 0 saturated carbocycles. The van der Waals surface area contributed by atoms with Crippen LogP contribution in [0.15, 0.2) is 48.5 Å². The maximum Gasteiger partial charge on any atom is 0.274 e. The van der Waals surface area contributed by atoms with Crippen LogP contribution in [0.2, 0.25) is 0 Å². The van der Waals surface area contributed by atoms with Gasteiger partial charge in [-0.1, -0.05) is 31.2 Å². The van der Waals surface area contributed by atoms with E-state index in [1.807, 2.05) is 32.0 Å². The van der Waals surface area contributed by atoms with Crippen molar-refractivity contribution in [1.29, 1.82) is 0 Å². The van der Waals surface area contributed by atoms with Gasteiger partial charge >= 0.3 is 0 Å². The zero-order chi connectivity index (χ0) is 19.4. The highest BCUT2D eigenvalue weighted by atomic mass is 19.1. The third kappa shape index (κ3) is 4.47. The van der Waals surface area contributed by atoms with Gasteiger partial charge in [-0.3, -0.25) is 4.79 Å². The fourth-order valence-corrected chi connectivity index (χ4v) is 2.84. The standard InChI is InChI=1S/C21H21FN4O/c1-4-15-8-5-7-13(2)20(15)26-21(27)18-12-19(24-14(3)23-18)25-17-10-6-9-16(22)11-17/h5-12H,4H2,1-3H3,(H,26,27)(H,23,24,25). The summed E-state index contributed by atoms with van der Waals surface area (Å²) in [6.45, 7) is 5.70. The Morgan fingerprint density at radius 2 is 1.85 bits per heavy atom. The third-order valence-electron chi connectivity index (χ3n) is 4.15. The highest BCUT2D eigenvalue weighted by Crippen LogP contribution is 2.22. The average molecular weight is 364 g/mol. The van der Waals surface area contributed by atoms with Crippen LogP contribution in [0.1, 0.15) is 34.4 Å². The second-order valence-corrected chi connectivity index (χ2v) is 6.24. The van der Waals surface area contributed by atoms with Crippen molar-refractivity contribution in [2.45, 2.75) is 27.2 Å². The summed E-state index contributed by atoms with van der Waals surface area (Å²) in [6.07, 6.45) is 0.812. The van der Waals surface area contributed by atoms with E-state index < -0.39 is 0 Å². The number of benzene rings is 2. The summed E-state index contributed by atoms with van der Waals surface area (Å²) in [4.78, 5) is 21.3. The number of para-hydroxylation sites is 1. The fraction of sp³-hybridized carbons (Fsp3) is 0.190. The van der Waals surface area contributed by atoms with Gasteiger partial charge < -0.3 is 10.6 Å². The summed E-state index contributed by atoms with van der Waals surface area (Å²) >= 11 is 0. The van der Waals surface area contributed by atoms with Crippen LogP contribution >= 0.6 is 0 Å². The molecule has 0 spiro atoms. The van der Waals surface area contributed by atoms with Crippen molar-refractivity contribution in [2.24, 2.45) is 0 Å². The van der Waals surface area contributed by atoms with Crippen LogP contribution in [0.4, 0.5) is 21.6 Å². The Morgan fingerprint density at radius 1 is 1.07 bits per heavy atom. The van der Waals surface area contributed by atoms with Crippen molar-refractivity contribution in [3.63, 3.8) is 0 Å². The molecule has 0 aliphatic rings. The van der Waals surface area contributed by atoms with E-state index in [1.165, 1.54) is 12.1 Å². The lowest BCUT2D eigenvalue weighted by molar-refractivity contribution is 0.102. The van der Waals surface area contributed by atoms with Crippen LogP contribution in [0.25, 0.3) is 0 Å². The molecule has 2 aromatic carbocycles. The Bertz CT molecular complexity index is 988. The minimum absolute atomic E-state index is 0.242. The number of hydrogen-bond donors (Lipinski definition) is 2. The molecule has 0 atom stereocenters. The number of hydrogen-bond acceptors (Lipinski definition) is 4. The highest BCUT2D eigenvalue weighted by Gasteiger charge is 2.14. The first-order valence-corrected chi connectivity index (χ1v) is 8.74. The van der Waals surface area contributed by atoms with Crippen LogP contribution in [0, 0.1) is 19.7 Å². The van der Waals surface area contributed by atoms with Gasteiger partial charge in [-0.2, -0.15) is 0 Å². The molecular weight excluding hydrogens is 343 g/mol. The van der Waals surface area contributed by atoms with E-state index in [-0.39, 0.29) is 17.4 Å². The van der Waals surface area contributed by atoms with E-state index >= 15 is 0 Å². The van der Waals surface area contributed by atoms with E-state index in [9.17, 15) is 9.18 Å². The summed E-state index contributed by atoms with van der Waals surface area (Å²) in [5.41, 5.74) is 3.65. The Balaban J connectivity index is 1.87. The van der Waals surface area contributed by atoms with E-state index in [2.05, 4.69) is 20.6 Å². The quantitative estimate of drug-likeness (QED) is 0.683. The Labute approximate surface area is 157 Å². The van der Waals surface area contributed by atoms with E-state index in [4.69, 9.17) is 0 Å². The lowest BCUT2D eigenvalue weighted by Gasteiger charge is -2.13. The number of carbonyl (C=O) groups excluding carboxylic acids is 1. The summed E-state index contributed by atoms with van der Waals surface area (Å²) in [5, 5.41) is 5.96. The smallest absolute Gasteiger partial charge is 0.274 e. The number of amides is 1. The molecule has 2 N–H and O–H groups in total. The molecule has 1 amide bonds. The third-order valence-corrected chi connectivity index (χ3v) is 4.15. The summed E-state index contributed by atoms with van der Waals surface area (Å²) in [6, 6.07) is 13.5. The Morgan fingerprint density at radius 3 is 2.59 bits per heavy atom. The van der Waals surface area contributed by atoms with Gasteiger partial charge in [-0.05, 0) is 49.6 Å². The largest absolute Gasteiger partial charge is 0.340 e. The molecule has 0 bridgehead atoms. The SMILES string of the molecule is CCc1cccc(C)c1NC(=O)c1cc(Nc2cccc(F)c2)nc(C)n1. The van der Waals surface area contributed by atoms with Crippen molar-refractivity contribution < 1.29 is 9.18 Å². The van der Waals surface area contributed by atoms with Crippen molar-refractivity contribution in [2.75, 3.05) is 10.6 Å². The normalized spacial score (nSPS) is 10.5. The number of anilines is 3. The molecule has 0 unspecified atom stereocenters. The van der Waals surface area contributed by atoms with Crippen LogP contribution in [-0.4, -0.2) is 15.9 Å². The molecule has 0 saturated heterocycles. The lowest BCUT2D eigenvalue weighted by Crippen LogP contribution is -2.17. The minimum Gasteiger partial charge on any atom is -0.340 e. The van der Waals surface area contributed by atoms with Gasteiger partial charge in [0, 0.05) is 17.4 Å². The molecule has 138 valence electrons. The van der Waals surface area contributed by atoms with Crippen molar-refractivity contribution in [3.8, 4) is 0 Å². The number of nitrogens with zero attached hydrogens (tertiary/aromatic N) is 2. The molecular formula is C21H21FN4O. The molecule has 0 fully saturated rings. The lowest BCUT2D eigenvalue weighted by atomic mass is 10.1. The van der Waals surface area contributed by atoms with E-state index in [1.54, 1.807) is 25.1 Å². The number of aryl methyl sites for hydroxylation is 3. The molecule has 0 aliphatic carbocycles. The summed E-state index contributed by atoms with van der Waals surface area (Å²) in [5.74, 6) is 0.211. The fourth-order valence-electron chi connectivity index (χ4n) is 2.84. The number of carbonyl (C=O) groups is 1. The number of halogens is 1. The molecule has 1 heterocycles. The first kappa shape index (κ1) is 18.5. The van der Waals surface area contributed by atoms with Gasteiger partial charge in [0.05, 0.1) is 0 Å². The maximum atomic E-state index is 13.4. The molecule has 3 aromatic rings. The summed E-state index contributed by atoms with van der Waals surface area (Å²) in [7, 11) is 0. The maximum absolute atomic E-state index is 13.4. The summed E-state index contributed by atoms with van der Waals surface area (Å²) < 4.78 is 13.4. The van der Waals surface area contributed by atoms with E-state index in [0.29, 0.717) is 17.3 Å². The predicted octanol–water partition coefficient (Wildman–Crippen LogP) is 4.79. The van der Waals surface area contributed by atoms with Crippen molar-refractivity contribution in [3.05, 3.63) is 77.0 Å². The first-order chi connectivity index (χ1) is 13.0. The topological polar surface area (TPSA) is 66.9 Å². The molecule has 0 aliphatic heterocycles. The van der Waals surface area contributed by atoms with Gasteiger partial charge in [-0.15, -0.1) is 0 Å². The molecule has 27 heavy (non-hydrogen) atoms. The predicted molar refractivity (Wildman–Crippen MR) is 105 cm³/mol. The van der Waals surface area contributed by atoms with Crippen molar-refractivity contribution >= 4 is 23.1 Å². The monoisotopic (exact) mass is 364 g/mol. The van der Waals surface area contributed by atoms with Crippen LogP contribution < -0.4 is 10.6 Å². The zero-order valence-corrected chi connectivity index (χ0v) is 15.5. The van der Waals surface area contributed by atoms with Gasteiger partial charge in [0.2, 0.25) is 0 Å². The Kier molecular flexibility index (Phi) is 5.45. The molecule has 3 rings (SSSR count). The van der Waals surface area contributed by atoms with Crippen LogP contribution in [0.5, 0.6) is 0 Å². The number of rotatable bonds is 5. The van der Waals surface area contributed by atoms with Gasteiger partial charge in [0.1, 0.15) is 23.2 Å². The zero-order valence-electron chi connectivity index (χ0n) is 15.5. The van der Waals surface area contributed by atoms with Crippen molar-refractivity contribution in [1.82, 2.24) is 9.97 Å². The average Bonchev–Trinajstić information content (AvgIpc) is 2.62. The number of aromatic nitrogens is 2. The number of nitrogens with one attached hydrogen (secondary N) is 2. The minimum atomic E-state index is -0.351. The highest BCUT2D eigenvalue weighted by molar-refractivity contribution is 6.04. The van der Waals surface area contributed by atoms with Gasteiger partial charge in [-0.25, -0.2) is 14.4 Å². The molecule has 5 nitrogen and oxygen atoms in total. The van der Waals surface area contributed by atoms with Gasteiger partial charge in [0.25, 0.3) is 5.91 Å². The van der Waals surface area contributed by atoms with Gasteiger partial charge in [0.15, 0.2) is 0 Å². The molecule has 0 radical (unpaired) electrons. The van der Waals surface area contributed by atoms with Crippen LogP contribution in [-0.2, 0) is 6.42 Å². The molecule has 6 heteroatoms. The first-order valence-electron chi connectivity index (χ1n) is 8.74. The second kappa shape index (κ2) is 7.95. The van der Waals surface area contributed by atoms with E-state index in [0.717, 1.165) is 23.2 Å². The van der Waals surface area contributed by atoms with Crippen LogP contribution in [0.3, 0.4) is 0 Å².